The lowest BCUT2D eigenvalue weighted by Crippen LogP contribution is -2.41. The monoisotopic (exact) mass is 266 g/mol. The summed E-state index contributed by atoms with van der Waals surface area (Å²) in [5.74, 6) is 0.727. The third-order valence-electron chi connectivity index (χ3n) is 4.38. The summed E-state index contributed by atoms with van der Waals surface area (Å²) in [6.07, 6.45) is 4.34. The van der Waals surface area contributed by atoms with Crippen molar-refractivity contribution < 1.29 is 0 Å². The first kappa shape index (κ1) is 13.3. The lowest BCUT2D eigenvalue weighted by Gasteiger charge is -2.38. The maximum absolute atomic E-state index is 4.42. The van der Waals surface area contributed by atoms with Gasteiger partial charge in [-0.2, -0.15) is 0 Å². The number of hydrogen-bond acceptors (Lipinski definition) is 2. The Morgan fingerprint density at radius 2 is 1.85 bits per heavy atom. The second-order valence-electron chi connectivity index (χ2n) is 5.86. The Morgan fingerprint density at radius 3 is 2.55 bits per heavy atom. The molecule has 2 nitrogen and oxygen atoms in total. The molecule has 0 unspecified atom stereocenters. The van der Waals surface area contributed by atoms with Crippen LogP contribution >= 0.6 is 0 Å². The highest BCUT2D eigenvalue weighted by Crippen LogP contribution is 2.39. The summed E-state index contributed by atoms with van der Waals surface area (Å²) in [6, 6.07) is 15.8. The van der Waals surface area contributed by atoms with Crippen LogP contribution in [-0.4, -0.2) is 11.0 Å². The topological polar surface area (TPSA) is 24.9 Å². The van der Waals surface area contributed by atoms with Crippen LogP contribution in [0, 0.1) is 6.92 Å². The standard InChI is InChI=1S/C18H22N2/c1-13-7-3-4-8-17(13)15-11-16(12-15)20-14(2)18-9-5-6-10-19-18/h3-10,14-16,20H,11-12H2,1-2H3/t14-,15?,16?/m0/s1. The number of hydrogen-bond donors (Lipinski definition) is 1. The van der Waals surface area contributed by atoms with Crippen LogP contribution in [0.15, 0.2) is 48.7 Å². The highest BCUT2D eigenvalue weighted by Gasteiger charge is 2.31. The lowest BCUT2D eigenvalue weighted by atomic mass is 9.74. The Balaban J connectivity index is 1.55. The highest BCUT2D eigenvalue weighted by atomic mass is 15.0. The number of benzene rings is 1. The zero-order valence-corrected chi connectivity index (χ0v) is 12.2. The van der Waals surface area contributed by atoms with E-state index in [0.29, 0.717) is 12.1 Å². The predicted octanol–water partition coefficient (Wildman–Crippen LogP) is 3.99. The van der Waals surface area contributed by atoms with Gasteiger partial charge in [-0.25, -0.2) is 0 Å². The van der Waals surface area contributed by atoms with Gasteiger partial charge in [-0.05, 0) is 55.9 Å². The third kappa shape index (κ3) is 2.75. The van der Waals surface area contributed by atoms with Crippen molar-refractivity contribution in [1.82, 2.24) is 10.3 Å². The molecule has 1 atom stereocenters. The summed E-state index contributed by atoms with van der Waals surface area (Å²) in [5, 5.41) is 3.69. The van der Waals surface area contributed by atoms with E-state index in [4.69, 9.17) is 0 Å². The van der Waals surface area contributed by atoms with Crippen molar-refractivity contribution in [3.8, 4) is 0 Å². The summed E-state index contributed by atoms with van der Waals surface area (Å²) < 4.78 is 0. The van der Waals surface area contributed by atoms with Crippen LogP contribution in [0.4, 0.5) is 0 Å². The van der Waals surface area contributed by atoms with E-state index in [0.717, 1.165) is 11.6 Å². The van der Waals surface area contributed by atoms with Crippen LogP contribution in [0.1, 0.15) is 48.5 Å². The minimum absolute atomic E-state index is 0.332. The molecule has 1 aromatic carbocycles. The molecular weight excluding hydrogens is 244 g/mol. The first-order valence-corrected chi connectivity index (χ1v) is 7.46. The largest absolute Gasteiger partial charge is 0.306 e. The normalized spacial score (nSPS) is 23.1. The van der Waals surface area contributed by atoms with Crippen LogP contribution in [0.2, 0.25) is 0 Å². The van der Waals surface area contributed by atoms with E-state index in [2.05, 4.69) is 60.5 Å². The summed E-state index contributed by atoms with van der Waals surface area (Å²) in [7, 11) is 0. The van der Waals surface area contributed by atoms with Gasteiger partial charge in [0.2, 0.25) is 0 Å². The summed E-state index contributed by atoms with van der Waals surface area (Å²) in [5.41, 5.74) is 4.08. The lowest BCUT2D eigenvalue weighted by molar-refractivity contribution is 0.269. The number of rotatable bonds is 4. The fraction of sp³-hybridized carbons (Fsp3) is 0.389. The number of nitrogens with zero attached hydrogens (tertiary/aromatic N) is 1. The Morgan fingerprint density at radius 1 is 1.10 bits per heavy atom. The van der Waals surface area contributed by atoms with E-state index in [-0.39, 0.29) is 0 Å². The molecule has 1 N–H and O–H groups in total. The average Bonchev–Trinajstić information content (AvgIpc) is 2.44. The minimum Gasteiger partial charge on any atom is -0.306 e. The van der Waals surface area contributed by atoms with Crippen LogP contribution in [0.25, 0.3) is 0 Å². The van der Waals surface area contributed by atoms with E-state index >= 15 is 0 Å². The van der Waals surface area contributed by atoms with Gasteiger partial charge in [0.15, 0.2) is 0 Å². The van der Waals surface area contributed by atoms with Crippen molar-refractivity contribution >= 4 is 0 Å². The first-order chi connectivity index (χ1) is 9.74. The molecule has 20 heavy (non-hydrogen) atoms. The molecule has 0 aliphatic heterocycles. The Kier molecular flexibility index (Phi) is 3.83. The van der Waals surface area contributed by atoms with Crippen LogP contribution in [0.5, 0.6) is 0 Å². The van der Waals surface area contributed by atoms with Gasteiger partial charge in [-0.15, -0.1) is 0 Å². The van der Waals surface area contributed by atoms with Gasteiger partial charge in [-0.3, -0.25) is 4.98 Å². The Bertz CT molecular complexity index is 559. The molecule has 1 heterocycles. The van der Waals surface area contributed by atoms with Gasteiger partial charge in [0.1, 0.15) is 0 Å². The van der Waals surface area contributed by atoms with Crippen LogP contribution in [-0.2, 0) is 0 Å². The minimum atomic E-state index is 0.332. The van der Waals surface area contributed by atoms with Gasteiger partial charge in [0.05, 0.1) is 5.69 Å². The number of aryl methyl sites for hydroxylation is 1. The fourth-order valence-corrected chi connectivity index (χ4v) is 3.12. The van der Waals surface area contributed by atoms with Gasteiger partial charge < -0.3 is 5.32 Å². The van der Waals surface area contributed by atoms with E-state index in [1.165, 1.54) is 24.0 Å². The van der Waals surface area contributed by atoms with Crippen LogP contribution < -0.4 is 5.32 Å². The van der Waals surface area contributed by atoms with Crippen molar-refractivity contribution in [3.05, 3.63) is 65.5 Å². The molecule has 0 radical (unpaired) electrons. The van der Waals surface area contributed by atoms with Crippen LogP contribution in [0.3, 0.4) is 0 Å². The molecule has 1 aromatic heterocycles. The molecule has 0 saturated heterocycles. The zero-order valence-electron chi connectivity index (χ0n) is 12.2. The second-order valence-corrected chi connectivity index (χ2v) is 5.86. The summed E-state index contributed by atoms with van der Waals surface area (Å²) in [6.45, 7) is 4.41. The molecule has 1 aliphatic rings. The van der Waals surface area contributed by atoms with Gasteiger partial charge in [0.25, 0.3) is 0 Å². The van der Waals surface area contributed by atoms with Gasteiger partial charge in [0, 0.05) is 18.3 Å². The van der Waals surface area contributed by atoms with E-state index < -0.39 is 0 Å². The van der Waals surface area contributed by atoms with Gasteiger partial charge >= 0.3 is 0 Å². The smallest absolute Gasteiger partial charge is 0.0570 e. The molecule has 0 amide bonds. The molecule has 1 aliphatic carbocycles. The molecule has 104 valence electrons. The summed E-state index contributed by atoms with van der Waals surface area (Å²) >= 11 is 0. The molecule has 1 saturated carbocycles. The van der Waals surface area contributed by atoms with Crippen molar-refractivity contribution in [2.45, 2.75) is 44.7 Å². The molecule has 0 bridgehead atoms. The molecule has 2 heteroatoms. The molecule has 1 fully saturated rings. The predicted molar refractivity (Wildman–Crippen MR) is 82.7 cm³/mol. The molecular formula is C18H22N2. The molecule has 2 aromatic rings. The number of pyridine rings is 1. The maximum Gasteiger partial charge on any atom is 0.0570 e. The first-order valence-electron chi connectivity index (χ1n) is 7.46. The third-order valence-corrected chi connectivity index (χ3v) is 4.38. The maximum atomic E-state index is 4.42. The molecule has 0 spiro atoms. The van der Waals surface area contributed by atoms with E-state index in [1.807, 2.05) is 12.3 Å². The fourth-order valence-electron chi connectivity index (χ4n) is 3.12. The van der Waals surface area contributed by atoms with Crippen molar-refractivity contribution in [2.24, 2.45) is 0 Å². The number of nitrogens with one attached hydrogen (secondary N) is 1. The zero-order chi connectivity index (χ0) is 13.9. The van der Waals surface area contributed by atoms with E-state index in [9.17, 15) is 0 Å². The number of aromatic nitrogens is 1. The Hall–Kier alpha value is -1.67. The Labute approximate surface area is 121 Å². The highest BCUT2D eigenvalue weighted by molar-refractivity contribution is 5.31. The molecule has 3 rings (SSSR count). The van der Waals surface area contributed by atoms with Crippen molar-refractivity contribution in [1.29, 1.82) is 0 Å². The second kappa shape index (κ2) is 5.76. The van der Waals surface area contributed by atoms with E-state index in [1.54, 1.807) is 0 Å². The van der Waals surface area contributed by atoms with Gasteiger partial charge in [-0.1, -0.05) is 30.3 Å². The summed E-state index contributed by atoms with van der Waals surface area (Å²) in [4.78, 5) is 4.42. The van der Waals surface area contributed by atoms with Crippen molar-refractivity contribution in [3.63, 3.8) is 0 Å². The SMILES string of the molecule is Cc1ccccc1C1CC(N[C@@H](C)c2ccccn2)C1. The average molecular weight is 266 g/mol. The quantitative estimate of drug-likeness (QED) is 0.905. The van der Waals surface area contributed by atoms with Crippen molar-refractivity contribution in [2.75, 3.05) is 0 Å².